The molecule has 0 radical (unpaired) electrons. The van der Waals surface area contributed by atoms with Crippen molar-refractivity contribution in [2.45, 2.75) is 52.1 Å². The second-order valence-corrected chi connectivity index (χ2v) is 8.02. The van der Waals surface area contributed by atoms with Crippen molar-refractivity contribution in [1.29, 1.82) is 0 Å². The Balaban J connectivity index is 1.45. The summed E-state index contributed by atoms with van der Waals surface area (Å²) in [4.78, 5) is 18.8. The molecule has 1 fully saturated rings. The third-order valence-electron chi connectivity index (χ3n) is 5.79. The maximum Gasteiger partial charge on any atom is 0.250 e. The number of benzene rings is 1. The van der Waals surface area contributed by atoms with Gasteiger partial charge in [0.05, 0.1) is 6.04 Å². The second kappa shape index (κ2) is 10.9. The molecule has 1 aromatic heterocycles. The molecule has 1 aliphatic heterocycles. The summed E-state index contributed by atoms with van der Waals surface area (Å²) in [5.41, 5.74) is 3.66. The predicted molar refractivity (Wildman–Crippen MR) is 125 cm³/mol. The van der Waals surface area contributed by atoms with Gasteiger partial charge >= 0.3 is 0 Å². The molecule has 0 saturated carbocycles. The fourth-order valence-corrected chi connectivity index (χ4v) is 3.96. The van der Waals surface area contributed by atoms with Gasteiger partial charge in [0, 0.05) is 50.7 Å². The Labute approximate surface area is 180 Å². The lowest BCUT2D eigenvalue weighted by atomic mass is 10.1. The van der Waals surface area contributed by atoms with Gasteiger partial charge in [0.1, 0.15) is 0 Å². The Hall–Kier alpha value is -2.76. The van der Waals surface area contributed by atoms with Crippen LogP contribution in [0, 0.1) is 6.92 Å². The van der Waals surface area contributed by atoms with Gasteiger partial charge in [-0.15, -0.1) is 0 Å². The van der Waals surface area contributed by atoms with E-state index in [-0.39, 0.29) is 11.6 Å². The quantitative estimate of drug-likeness (QED) is 0.398. The number of pyridine rings is 1. The van der Waals surface area contributed by atoms with E-state index in [1.165, 1.54) is 24.1 Å². The lowest BCUT2D eigenvalue weighted by Gasteiger charge is -2.22. The highest BCUT2D eigenvalue weighted by atomic mass is 16.1. The highest BCUT2D eigenvalue weighted by Gasteiger charge is 2.14. The highest BCUT2D eigenvalue weighted by molar-refractivity contribution is 5.80. The van der Waals surface area contributed by atoms with Gasteiger partial charge < -0.3 is 20.1 Å². The van der Waals surface area contributed by atoms with E-state index in [0.29, 0.717) is 0 Å². The van der Waals surface area contributed by atoms with Crippen molar-refractivity contribution in [3.63, 3.8) is 0 Å². The van der Waals surface area contributed by atoms with Crippen LogP contribution in [-0.4, -0.2) is 37.2 Å². The van der Waals surface area contributed by atoms with Crippen LogP contribution in [-0.2, 0) is 6.54 Å². The van der Waals surface area contributed by atoms with Crippen LogP contribution in [0.1, 0.15) is 49.9 Å². The Morgan fingerprint density at radius 1 is 1.13 bits per heavy atom. The highest BCUT2D eigenvalue weighted by Crippen LogP contribution is 2.23. The first-order valence-corrected chi connectivity index (χ1v) is 11.1. The van der Waals surface area contributed by atoms with E-state index < -0.39 is 0 Å². The standard InChI is InChI=1S/C24H35N5O/c1-19-10-8-13-23(30)29(19)17-5-4-14-26-24(25-3)27-20(2)21-11-9-12-22(18-21)28-15-6-7-16-28/h8-13,18,20H,4-7,14-17H2,1-3H3,(H2,25,26,27). The van der Waals surface area contributed by atoms with Crippen LogP contribution in [0.5, 0.6) is 0 Å². The zero-order chi connectivity index (χ0) is 21.3. The molecular formula is C24H35N5O. The van der Waals surface area contributed by atoms with Crippen LogP contribution in [0.2, 0.25) is 0 Å². The summed E-state index contributed by atoms with van der Waals surface area (Å²) in [6.07, 6.45) is 4.49. The fourth-order valence-electron chi connectivity index (χ4n) is 3.96. The molecule has 1 atom stereocenters. The minimum absolute atomic E-state index is 0.0745. The van der Waals surface area contributed by atoms with Gasteiger partial charge in [-0.3, -0.25) is 9.79 Å². The lowest BCUT2D eigenvalue weighted by molar-refractivity contribution is 0.572. The van der Waals surface area contributed by atoms with Gasteiger partial charge in [-0.1, -0.05) is 18.2 Å². The average Bonchev–Trinajstić information content (AvgIpc) is 3.29. The predicted octanol–water partition coefficient (Wildman–Crippen LogP) is 3.46. The van der Waals surface area contributed by atoms with E-state index in [4.69, 9.17) is 0 Å². The van der Waals surface area contributed by atoms with E-state index in [1.807, 2.05) is 23.6 Å². The van der Waals surface area contributed by atoms with Crippen molar-refractivity contribution in [3.05, 3.63) is 64.1 Å². The number of guanidine groups is 1. The van der Waals surface area contributed by atoms with Crippen molar-refractivity contribution in [2.24, 2.45) is 4.99 Å². The maximum atomic E-state index is 11.9. The minimum atomic E-state index is 0.0745. The third kappa shape index (κ3) is 5.88. The maximum absolute atomic E-state index is 11.9. The number of anilines is 1. The Bertz CT molecular complexity index is 898. The number of hydrogen-bond acceptors (Lipinski definition) is 3. The molecule has 162 valence electrons. The van der Waals surface area contributed by atoms with E-state index in [0.717, 1.165) is 50.7 Å². The SMILES string of the molecule is CN=C(NCCCCn1c(C)cccc1=O)NC(C)c1cccc(N2CCCC2)c1. The second-order valence-electron chi connectivity index (χ2n) is 8.02. The molecule has 2 aromatic rings. The number of nitrogens with zero attached hydrogens (tertiary/aromatic N) is 3. The van der Waals surface area contributed by atoms with Gasteiger partial charge in [-0.25, -0.2) is 0 Å². The Kier molecular flexibility index (Phi) is 7.94. The summed E-state index contributed by atoms with van der Waals surface area (Å²) in [5, 5.41) is 6.89. The number of nitrogens with one attached hydrogen (secondary N) is 2. The van der Waals surface area contributed by atoms with Crippen LogP contribution in [0.4, 0.5) is 5.69 Å². The van der Waals surface area contributed by atoms with Crippen molar-refractivity contribution in [1.82, 2.24) is 15.2 Å². The fraction of sp³-hybridized carbons (Fsp3) is 0.500. The van der Waals surface area contributed by atoms with E-state index >= 15 is 0 Å². The van der Waals surface area contributed by atoms with E-state index in [1.54, 1.807) is 13.1 Å². The monoisotopic (exact) mass is 409 g/mol. The first kappa shape index (κ1) is 21.9. The molecule has 1 aromatic carbocycles. The zero-order valence-corrected chi connectivity index (χ0v) is 18.5. The number of unbranched alkanes of at least 4 members (excludes halogenated alkanes) is 1. The largest absolute Gasteiger partial charge is 0.372 e. The van der Waals surface area contributed by atoms with Crippen molar-refractivity contribution in [2.75, 3.05) is 31.6 Å². The molecule has 0 bridgehead atoms. The zero-order valence-electron chi connectivity index (χ0n) is 18.5. The van der Waals surface area contributed by atoms with Crippen LogP contribution in [0.25, 0.3) is 0 Å². The number of rotatable bonds is 8. The van der Waals surface area contributed by atoms with Crippen LogP contribution < -0.4 is 21.1 Å². The van der Waals surface area contributed by atoms with Crippen LogP contribution in [0.3, 0.4) is 0 Å². The molecule has 2 N–H and O–H groups in total. The summed E-state index contributed by atoms with van der Waals surface area (Å²) in [7, 11) is 1.80. The summed E-state index contributed by atoms with van der Waals surface area (Å²) in [6.45, 7) is 8.03. The van der Waals surface area contributed by atoms with Gasteiger partial charge in [-0.2, -0.15) is 0 Å². The summed E-state index contributed by atoms with van der Waals surface area (Å²) >= 11 is 0. The van der Waals surface area contributed by atoms with Gasteiger partial charge in [0.2, 0.25) is 0 Å². The summed E-state index contributed by atoms with van der Waals surface area (Å²) < 4.78 is 1.84. The molecule has 2 heterocycles. The molecule has 0 amide bonds. The molecule has 1 unspecified atom stereocenters. The molecule has 0 spiro atoms. The molecule has 6 heteroatoms. The smallest absolute Gasteiger partial charge is 0.250 e. The molecule has 1 aliphatic rings. The normalized spacial score (nSPS) is 15.3. The number of aliphatic imine (C=N–C) groups is 1. The average molecular weight is 410 g/mol. The van der Waals surface area contributed by atoms with E-state index in [2.05, 4.69) is 51.7 Å². The summed E-state index contributed by atoms with van der Waals surface area (Å²) in [5.74, 6) is 0.808. The molecule has 1 saturated heterocycles. The minimum Gasteiger partial charge on any atom is -0.372 e. The Morgan fingerprint density at radius 2 is 1.90 bits per heavy atom. The molecular weight excluding hydrogens is 374 g/mol. The van der Waals surface area contributed by atoms with Crippen molar-refractivity contribution < 1.29 is 0 Å². The summed E-state index contributed by atoms with van der Waals surface area (Å²) in [6, 6.07) is 14.4. The van der Waals surface area contributed by atoms with Gasteiger partial charge in [0.25, 0.3) is 5.56 Å². The molecule has 30 heavy (non-hydrogen) atoms. The van der Waals surface area contributed by atoms with Crippen LogP contribution >= 0.6 is 0 Å². The number of aromatic nitrogens is 1. The van der Waals surface area contributed by atoms with Gasteiger partial charge in [-0.05, 0) is 63.3 Å². The Morgan fingerprint density at radius 3 is 2.63 bits per heavy atom. The molecule has 3 rings (SSSR count). The van der Waals surface area contributed by atoms with Crippen molar-refractivity contribution in [3.8, 4) is 0 Å². The first-order valence-electron chi connectivity index (χ1n) is 11.1. The third-order valence-corrected chi connectivity index (χ3v) is 5.79. The van der Waals surface area contributed by atoms with E-state index in [9.17, 15) is 4.79 Å². The molecule has 0 aliphatic carbocycles. The topological polar surface area (TPSA) is 61.7 Å². The lowest BCUT2D eigenvalue weighted by Crippen LogP contribution is -2.39. The first-order chi connectivity index (χ1) is 14.6. The number of aryl methyl sites for hydroxylation is 1. The van der Waals surface area contributed by atoms with Crippen molar-refractivity contribution >= 4 is 11.6 Å². The van der Waals surface area contributed by atoms with Crippen LogP contribution in [0.15, 0.2) is 52.3 Å². The molecule has 6 nitrogen and oxygen atoms in total. The van der Waals surface area contributed by atoms with Gasteiger partial charge in [0.15, 0.2) is 5.96 Å². The number of hydrogen-bond donors (Lipinski definition) is 2.